The number of rotatable bonds is 7. The van der Waals surface area contributed by atoms with Crippen LogP contribution in [0.1, 0.15) is 23.6 Å². The topological polar surface area (TPSA) is 15.3 Å². The van der Waals surface area contributed by atoms with Crippen molar-refractivity contribution < 1.29 is 4.39 Å². The quantitative estimate of drug-likeness (QED) is 0.822. The number of anilines is 1. The average molecular weight is 306 g/mol. The van der Waals surface area contributed by atoms with Gasteiger partial charge in [0, 0.05) is 29.0 Å². The van der Waals surface area contributed by atoms with Crippen molar-refractivity contribution in [3.05, 3.63) is 52.0 Å². The molecular formula is C17H23FN2S. The molecule has 2 rings (SSSR count). The van der Waals surface area contributed by atoms with Crippen LogP contribution in [0.2, 0.25) is 0 Å². The smallest absolute Gasteiger partial charge is 0.125 e. The first-order valence-electron chi connectivity index (χ1n) is 7.29. The molecule has 0 atom stereocenters. The lowest BCUT2D eigenvalue weighted by atomic mass is 10.2. The molecule has 2 nitrogen and oxygen atoms in total. The maximum Gasteiger partial charge on any atom is 0.125 e. The van der Waals surface area contributed by atoms with Crippen LogP contribution in [0.3, 0.4) is 0 Å². The fourth-order valence-electron chi connectivity index (χ4n) is 2.12. The first kappa shape index (κ1) is 16.0. The zero-order valence-electron chi connectivity index (χ0n) is 12.9. The number of hydrogen-bond acceptors (Lipinski definition) is 3. The summed E-state index contributed by atoms with van der Waals surface area (Å²) in [6.45, 7) is 7.18. The average Bonchev–Trinajstić information content (AvgIpc) is 2.86. The molecule has 1 aromatic carbocycles. The van der Waals surface area contributed by atoms with Gasteiger partial charge >= 0.3 is 0 Å². The van der Waals surface area contributed by atoms with Crippen LogP contribution >= 0.6 is 11.3 Å². The highest BCUT2D eigenvalue weighted by Gasteiger charge is 2.06. The van der Waals surface area contributed by atoms with E-state index in [9.17, 15) is 4.39 Å². The van der Waals surface area contributed by atoms with Gasteiger partial charge in [0.15, 0.2) is 0 Å². The van der Waals surface area contributed by atoms with E-state index in [0.29, 0.717) is 5.92 Å². The third kappa shape index (κ3) is 5.14. The molecule has 1 N–H and O–H groups in total. The number of hydrogen-bond donors (Lipinski definition) is 1. The Labute approximate surface area is 130 Å². The Hall–Kier alpha value is -1.39. The predicted molar refractivity (Wildman–Crippen MR) is 89.4 cm³/mol. The van der Waals surface area contributed by atoms with Gasteiger partial charge in [0.25, 0.3) is 0 Å². The van der Waals surface area contributed by atoms with Crippen molar-refractivity contribution in [2.24, 2.45) is 5.92 Å². The van der Waals surface area contributed by atoms with Gasteiger partial charge < -0.3 is 10.2 Å². The molecular weight excluding hydrogens is 283 g/mol. The molecule has 4 heteroatoms. The molecule has 0 aliphatic heterocycles. The van der Waals surface area contributed by atoms with Gasteiger partial charge in [0.05, 0.1) is 6.54 Å². The molecule has 0 fully saturated rings. The van der Waals surface area contributed by atoms with E-state index in [1.54, 1.807) is 12.1 Å². The molecule has 0 saturated carbocycles. The first-order valence-corrected chi connectivity index (χ1v) is 8.11. The highest BCUT2D eigenvalue weighted by molar-refractivity contribution is 7.12. The Balaban J connectivity index is 1.90. The summed E-state index contributed by atoms with van der Waals surface area (Å²) >= 11 is 1.81. The third-order valence-electron chi connectivity index (χ3n) is 3.21. The van der Waals surface area contributed by atoms with Gasteiger partial charge in [-0.3, -0.25) is 0 Å². The van der Waals surface area contributed by atoms with Crippen molar-refractivity contribution in [2.75, 3.05) is 18.5 Å². The van der Waals surface area contributed by atoms with Crippen molar-refractivity contribution in [3.63, 3.8) is 0 Å². The van der Waals surface area contributed by atoms with Crippen molar-refractivity contribution >= 4 is 17.0 Å². The van der Waals surface area contributed by atoms with Crippen molar-refractivity contribution in [3.8, 4) is 0 Å². The highest BCUT2D eigenvalue weighted by Crippen LogP contribution is 2.21. The van der Waals surface area contributed by atoms with Crippen LogP contribution < -0.4 is 10.2 Å². The molecule has 0 aliphatic carbocycles. The number of nitrogens with zero attached hydrogens (tertiary/aromatic N) is 1. The van der Waals surface area contributed by atoms with Crippen molar-refractivity contribution in [1.82, 2.24) is 5.32 Å². The van der Waals surface area contributed by atoms with Crippen molar-refractivity contribution in [1.29, 1.82) is 0 Å². The van der Waals surface area contributed by atoms with E-state index in [1.807, 2.05) is 24.5 Å². The lowest BCUT2D eigenvalue weighted by Crippen LogP contribution is -2.18. The normalized spacial score (nSPS) is 11.1. The Morgan fingerprint density at radius 2 is 1.95 bits per heavy atom. The molecule has 114 valence electrons. The second-order valence-electron chi connectivity index (χ2n) is 5.73. The van der Waals surface area contributed by atoms with E-state index in [4.69, 9.17) is 0 Å². The fourth-order valence-corrected chi connectivity index (χ4v) is 3.17. The van der Waals surface area contributed by atoms with E-state index < -0.39 is 0 Å². The minimum absolute atomic E-state index is 0.191. The summed E-state index contributed by atoms with van der Waals surface area (Å²) in [5, 5.41) is 3.45. The first-order chi connectivity index (χ1) is 10.0. The summed E-state index contributed by atoms with van der Waals surface area (Å²) in [6.07, 6.45) is 0. The van der Waals surface area contributed by atoms with E-state index in [1.165, 1.54) is 15.8 Å². The molecule has 0 amide bonds. The van der Waals surface area contributed by atoms with Crippen LogP contribution in [0, 0.1) is 11.7 Å². The van der Waals surface area contributed by atoms with E-state index in [2.05, 4.69) is 36.2 Å². The summed E-state index contributed by atoms with van der Waals surface area (Å²) < 4.78 is 13.2. The number of benzene rings is 1. The fraction of sp³-hybridized carbons (Fsp3) is 0.412. The summed E-state index contributed by atoms with van der Waals surface area (Å²) in [5.74, 6) is 0.479. The van der Waals surface area contributed by atoms with Crippen LogP contribution in [0.4, 0.5) is 10.1 Å². The van der Waals surface area contributed by atoms with Crippen LogP contribution in [0.15, 0.2) is 36.4 Å². The molecule has 0 unspecified atom stereocenters. The van der Waals surface area contributed by atoms with Gasteiger partial charge in [0.1, 0.15) is 5.82 Å². The summed E-state index contributed by atoms with van der Waals surface area (Å²) in [7, 11) is 1.99. The zero-order chi connectivity index (χ0) is 15.2. The van der Waals surface area contributed by atoms with E-state index in [0.717, 1.165) is 25.3 Å². The Morgan fingerprint density at radius 3 is 2.67 bits per heavy atom. The van der Waals surface area contributed by atoms with Gasteiger partial charge in [-0.15, -0.1) is 11.3 Å². The SMILES string of the molecule is CC(C)CNCc1ccc(CN(C)c2cccc(F)c2)s1. The summed E-state index contributed by atoms with van der Waals surface area (Å²) in [6, 6.07) is 11.1. The largest absolute Gasteiger partial charge is 0.369 e. The number of nitrogens with one attached hydrogen (secondary N) is 1. The molecule has 0 bridgehead atoms. The molecule has 1 aromatic heterocycles. The lowest BCUT2D eigenvalue weighted by molar-refractivity contribution is 0.555. The minimum Gasteiger partial charge on any atom is -0.369 e. The monoisotopic (exact) mass is 306 g/mol. The Morgan fingerprint density at radius 1 is 1.19 bits per heavy atom. The maximum atomic E-state index is 13.2. The van der Waals surface area contributed by atoms with Gasteiger partial charge in [-0.1, -0.05) is 19.9 Å². The standard InChI is InChI=1S/C17H23FN2S/c1-13(2)10-19-11-16-7-8-17(21-16)12-20(3)15-6-4-5-14(18)9-15/h4-9,13,19H,10-12H2,1-3H3. The second kappa shape index (κ2) is 7.57. The van der Waals surface area contributed by atoms with Gasteiger partial charge in [-0.2, -0.15) is 0 Å². The molecule has 0 saturated heterocycles. The molecule has 1 heterocycles. The van der Waals surface area contributed by atoms with Crippen LogP contribution in [-0.4, -0.2) is 13.6 Å². The predicted octanol–water partition coefficient (Wildman–Crippen LogP) is 4.27. The molecule has 0 radical (unpaired) electrons. The number of halogens is 1. The van der Waals surface area contributed by atoms with Crippen LogP contribution in [0.5, 0.6) is 0 Å². The highest BCUT2D eigenvalue weighted by atomic mass is 32.1. The molecule has 2 aromatic rings. The molecule has 0 spiro atoms. The lowest BCUT2D eigenvalue weighted by Gasteiger charge is -2.18. The van der Waals surface area contributed by atoms with Gasteiger partial charge in [-0.05, 0) is 42.8 Å². The Bertz CT molecular complexity index is 565. The summed E-state index contributed by atoms with van der Waals surface area (Å²) in [4.78, 5) is 4.71. The van der Waals surface area contributed by atoms with Crippen LogP contribution in [0.25, 0.3) is 0 Å². The third-order valence-corrected chi connectivity index (χ3v) is 4.28. The van der Waals surface area contributed by atoms with E-state index in [-0.39, 0.29) is 5.82 Å². The van der Waals surface area contributed by atoms with Crippen LogP contribution in [-0.2, 0) is 13.1 Å². The molecule has 21 heavy (non-hydrogen) atoms. The second-order valence-corrected chi connectivity index (χ2v) is 6.98. The van der Waals surface area contributed by atoms with Gasteiger partial charge in [0.2, 0.25) is 0 Å². The summed E-state index contributed by atoms with van der Waals surface area (Å²) in [5.41, 5.74) is 0.905. The minimum atomic E-state index is -0.191. The molecule has 0 aliphatic rings. The van der Waals surface area contributed by atoms with Gasteiger partial charge in [-0.25, -0.2) is 4.39 Å². The number of thiophene rings is 1. The maximum absolute atomic E-state index is 13.2. The Kier molecular flexibility index (Phi) is 5.76. The zero-order valence-corrected chi connectivity index (χ0v) is 13.7. The van der Waals surface area contributed by atoms with E-state index >= 15 is 0 Å². The van der Waals surface area contributed by atoms with Crippen molar-refractivity contribution in [2.45, 2.75) is 26.9 Å².